The molecule has 0 aromatic heterocycles. The van der Waals surface area contributed by atoms with Gasteiger partial charge in [0, 0.05) is 6.42 Å². The summed E-state index contributed by atoms with van der Waals surface area (Å²) in [6.45, 7) is 6.09. The standard InChI is InChI=1S/C8H16N2O2/c1-4-12-8(11)7(10-9)5-6(2)3/h6H,4-5,9H2,1-3H3/b10-7+. The zero-order valence-corrected chi connectivity index (χ0v) is 7.83. The molecule has 70 valence electrons. The van der Waals surface area contributed by atoms with Crippen LogP contribution in [0.3, 0.4) is 0 Å². The summed E-state index contributed by atoms with van der Waals surface area (Å²) in [5.74, 6) is 4.99. The molecule has 0 aromatic rings. The molecule has 0 aliphatic rings. The Morgan fingerprint density at radius 3 is 2.50 bits per heavy atom. The number of carbonyl (C=O) groups excluding carboxylic acids is 1. The third kappa shape index (κ3) is 3.95. The normalized spacial score (nSPS) is 11.8. The molecule has 0 spiro atoms. The first kappa shape index (κ1) is 10.9. The molecule has 12 heavy (non-hydrogen) atoms. The second kappa shape index (κ2) is 5.57. The second-order valence-electron chi connectivity index (χ2n) is 2.89. The van der Waals surface area contributed by atoms with E-state index in [4.69, 9.17) is 10.6 Å². The number of nitrogens with two attached hydrogens (primary N) is 1. The molecule has 0 atom stereocenters. The van der Waals surface area contributed by atoms with E-state index in [0.717, 1.165) is 0 Å². The van der Waals surface area contributed by atoms with Crippen LogP contribution in [0.5, 0.6) is 0 Å². The molecule has 0 fully saturated rings. The highest BCUT2D eigenvalue weighted by Gasteiger charge is 2.13. The van der Waals surface area contributed by atoms with Crippen LogP contribution in [-0.4, -0.2) is 18.3 Å². The number of hydrazone groups is 1. The maximum Gasteiger partial charge on any atom is 0.354 e. The summed E-state index contributed by atoms with van der Waals surface area (Å²) in [7, 11) is 0. The fourth-order valence-corrected chi connectivity index (χ4v) is 0.790. The van der Waals surface area contributed by atoms with Crippen molar-refractivity contribution in [1.29, 1.82) is 0 Å². The van der Waals surface area contributed by atoms with E-state index in [9.17, 15) is 4.79 Å². The highest BCUT2D eigenvalue weighted by Crippen LogP contribution is 2.02. The molecule has 0 rings (SSSR count). The van der Waals surface area contributed by atoms with Crippen LogP contribution < -0.4 is 5.84 Å². The summed E-state index contributed by atoms with van der Waals surface area (Å²) in [6.07, 6.45) is 0.565. The van der Waals surface area contributed by atoms with Crippen LogP contribution in [0.15, 0.2) is 5.10 Å². The monoisotopic (exact) mass is 172 g/mol. The molecule has 2 N–H and O–H groups in total. The molecule has 0 aliphatic carbocycles. The lowest BCUT2D eigenvalue weighted by atomic mass is 10.1. The molecule has 0 heterocycles. The van der Waals surface area contributed by atoms with Crippen LogP contribution in [0, 0.1) is 5.92 Å². The molecule has 0 bridgehead atoms. The maximum absolute atomic E-state index is 11.1. The van der Waals surface area contributed by atoms with Gasteiger partial charge in [0.2, 0.25) is 0 Å². The molecule has 0 unspecified atom stereocenters. The van der Waals surface area contributed by atoms with Gasteiger partial charge < -0.3 is 10.6 Å². The first-order chi connectivity index (χ1) is 5.61. The van der Waals surface area contributed by atoms with Gasteiger partial charge in [0.15, 0.2) is 0 Å². The van der Waals surface area contributed by atoms with Crippen molar-refractivity contribution in [3.05, 3.63) is 0 Å². The van der Waals surface area contributed by atoms with E-state index < -0.39 is 5.97 Å². The zero-order chi connectivity index (χ0) is 9.56. The van der Waals surface area contributed by atoms with Gasteiger partial charge in [0.25, 0.3) is 0 Å². The molecular formula is C8H16N2O2. The average Bonchev–Trinajstić information content (AvgIpc) is 2.00. The predicted molar refractivity (Wildman–Crippen MR) is 47.7 cm³/mol. The molecule has 0 radical (unpaired) electrons. The number of hydrogen-bond donors (Lipinski definition) is 1. The van der Waals surface area contributed by atoms with E-state index in [1.807, 2.05) is 13.8 Å². The first-order valence-electron chi connectivity index (χ1n) is 4.05. The Kier molecular flexibility index (Phi) is 5.08. The summed E-state index contributed by atoms with van der Waals surface area (Å²) < 4.78 is 4.75. The zero-order valence-electron chi connectivity index (χ0n) is 7.83. The first-order valence-corrected chi connectivity index (χ1v) is 4.05. The minimum absolute atomic E-state index is 0.312. The molecular weight excluding hydrogens is 156 g/mol. The predicted octanol–water partition coefficient (Wildman–Crippen LogP) is 0.910. The van der Waals surface area contributed by atoms with Gasteiger partial charge in [0.05, 0.1) is 6.61 Å². The van der Waals surface area contributed by atoms with Gasteiger partial charge in [-0.2, -0.15) is 5.10 Å². The Balaban J connectivity index is 4.08. The topological polar surface area (TPSA) is 64.7 Å². The van der Waals surface area contributed by atoms with Crippen LogP contribution in [0.1, 0.15) is 27.2 Å². The van der Waals surface area contributed by atoms with Crippen molar-refractivity contribution in [2.45, 2.75) is 27.2 Å². The quantitative estimate of drug-likeness (QED) is 0.297. The Hall–Kier alpha value is -1.06. The van der Waals surface area contributed by atoms with Crippen molar-refractivity contribution in [2.24, 2.45) is 16.9 Å². The van der Waals surface area contributed by atoms with Crippen LogP contribution >= 0.6 is 0 Å². The molecule has 0 saturated heterocycles. The number of rotatable bonds is 4. The van der Waals surface area contributed by atoms with E-state index in [0.29, 0.717) is 24.7 Å². The number of carbonyl (C=O) groups is 1. The fourth-order valence-electron chi connectivity index (χ4n) is 0.790. The molecule has 4 nitrogen and oxygen atoms in total. The summed E-state index contributed by atoms with van der Waals surface area (Å²) in [5.41, 5.74) is 0.312. The third-order valence-corrected chi connectivity index (χ3v) is 1.27. The molecule has 0 aromatic carbocycles. The van der Waals surface area contributed by atoms with E-state index in [2.05, 4.69) is 5.10 Å². The molecule has 0 amide bonds. The number of nitrogens with zero attached hydrogens (tertiary/aromatic N) is 1. The largest absolute Gasteiger partial charge is 0.461 e. The van der Waals surface area contributed by atoms with Gasteiger partial charge in [-0.05, 0) is 12.8 Å². The van der Waals surface area contributed by atoms with Crippen molar-refractivity contribution < 1.29 is 9.53 Å². The number of ether oxygens (including phenoxy) is 1. The Labute approximate surface area is 72.8 Å². The van der Waals surface area contributed by atoms with Crippen molar-refractivity contribution in [3.8, 4) is 0 Å². The van der Waals surface area contributed by atoms with Gasteiger partial charge in [0.1, 0.15) is 5.71 Å². The van der Waals surface area contributed by atoms with E-state index in [-0.39, 0.29) is 0 Å². The van der Waals surface area contributed by atoms with E-state index in [1.54, 1.807) is 6.92 Å². The summed E-state index contributed by atoms with van der Waals surface area (Å²) in [4.78, 5) is 11.1. The summed E-state index contributed by atoms with van der Waals surface area (Å²) in [5, 5.41) is 3.39. The van der Waals surface area contributed by atoms with Gasteiger partial charge in [-0.3, -0.25) is 0 Å². The Morgan fingerprint density at radius 2 is 2.17 bits per heavy atom. The summed E-state index contributed by atoms with van der Waals surface area (Å²) >= 11 is 0. The third-order valence-electron chi connectivity index (χ3n) is 1.27. The summed E-state index contributed by atoms with van der Waals surface area (Å²) in [6, 6.07) is 0. The van der Waals surface area contributed by atoms with Crippen molar-refractivity contribution in [3.63, 3.8) is 0 Å². The maximum atomic E-state index is 11.1. The smallest absolute Gasteiger partial charge is 0.354 e. The Bertz CT molecular complexity index is 176. The van der Waals surface area contributed by atoms with Crippen LogP contribution in [0.25, 0.3) is 0 Å². The Morgan fingerprint density at radius 1 is 1.58 bits per heavy atom. The minimum atomic E-state index is -0.409. The van der Waals surface area contributed by atoms with Crippen molar-refractivity contribution in [2.75, 3.05) is 6.61 Å². The lowest BCUT2D eigenvalue weighted by Crippen LogP contribution is -2.20. The van der Waals surface area contributed by atoms with E-state index in [1.165, 1.54) is 0 Å². The van der Waals surface area contributed by atoms with Gasteiger partial charge in [-0.1, -0.05) is 13.8 Å². The average molecular weight is 172 g/mol. The minimum Gasteiger partial charge on any atom is -0.461 e. The fraction of sp³-hybridized carbons (Fsp3) is 0.750. The lowest BCUT2D eigenvalue weighted by Gasteiger charge is -2.06. The van der Waals surface area contributed by atoms with Crippen LogP contribution in [0.4, 0.5) is 0 Å². The molecule has 0 aliphatic heterocycles. The number of hydrogen-bond acceptors (Lipinski definition) is 4. The van der Waals surface area contributed by atoms with E-state index >= 15 is 0 Å². The van der Waals surface area contributed by atoms with Gasteiger partial charge in [-0.15, -0.1) is 0 Å². The van der Waals surface area contributed by atoms with Gasteiger partial charge >= 0.3 is 5.97 Å². The highest BCUT2D eigenvalue weighted by atomic mass is 16.5. The SMILES string of the molecule is CCOC(=O)/C(CC(C)C)=N/N. The molecule has 0 saturated carbocycles. The van der Waals surface area contributed by atoms with Crippen molar-refractivity contribution >= 4 is 11.7 Å². The van der Waals surface area contributed by atoms with Gasteiger partial charge in [-0.25, -0.2) is 4.79 Å². The second-order valence-corrected chi connectivity index (χ2v) is 2.89. The van der Waals surface area contributed by atoms with Crippen LogP contribution in [-0.2, 0) is 9.53 Å². The lowest BCUT2D eigenvalue weighted by molar-refractivity contribution is -0.135. The highest BCUT2D eigenvalue weighted by molar-refractivity contribution is 6.36. The number of esters is 1. The molecule has 4 heteroatoms. The van der Waals surface area contributed by atoms with Crippen molar-refractivity contribution in [1.82, 2.24) is 0 Å². The van der Waals surface area contributed by atoms with Crippen LogP contribution in [0.2, 0.25) is 0 Å².